The lowest BCUT2D eigenvalue weighted by atomic mass is 10.00. The highest BCUT2D eigenvalue weighted by Gasteiger charge is 2.17. The molecule has 0 saturated carbocycles. The van der Waals surface area contributed by atoms with Gasteiger partial charge in [0.25, 0.3) is 0 Å². The van der Waals surface area contributed by atoms with Crippen molar-refractivity contribution in [3.8, 4) is 6.07 Å². The lowest BCUT2D eigenvalue weighted by Gasteiger charge is -2.12. The lowest BCUT2D eigenvalue weighted by Crippen LogP contribution is -2.34. The zero-order valence-corrected chi connectivity index (χ0v) is 12.7. The average Bonchev–Trinajstić information content (AvgIpc) is 2.48. The Bertz CT molecular complexity index is 454. The standard InChI is InChI=1S/C16H23N3O2/c1-19(2)9-11-21-10-8-18-16(20)15(13-17)12-14-6-4-3-5-7-14/h3-7,15H,8-12H2,1-2H3,(H,18,20). The van der Waals surface area contributed by atoms with Crippen LogP contribution < -0.4 is 5.32 Å². The molecule has 1 atom stereocenters. The van der Waals surface area contributed by atoms with Gasteiger partial charge in [-0.2, -0.15) is 5.26 Å². The third-order valence-electron chi connectivity index (χ3n) is 2.98. The van der Waals surface area contributed by atoms with Crippen molar-refractivity contribution in [2.45, 2.75) is 6.42 Å². The van der Waals surface area contributed by atoms with E-state index in [1.807, 2.05) is 49.3 Å². The van der Waals surface area contributed by atoms with Crippen molar-refractivity contribution in [3.63, 3.8) is 0 Å². The summed E-state index contributed by atoms with van der Waals surface area (Å²) in [5.74, 6) is -0.897. The fourth-order valence-corrected chi connectivity index (χ4v) is 1.77. The topological polar surface area (TPSA) is 65.4 Å². The maximum Gasteiger partial charge on any atom is 0.237 e. The fourth-order valence-electron chi connectivity index (χ4n) is 1.77. The lowest BCUT2D eigenvalue weighted by molar-refractivity contribution is -0.123. The van der Waals surface area contributed by atoms with Crippen LogP contribution in [0.3, 0.4) is 0 Å². The quantitative estimate of drug-likeness (QED) is 0.691. The van der Waals surface area contributed by atoms with Crippen molar-refractivity contribution < 1.29 is 9.53 Å². The Morgan fingerprint density at radius 1 is 1.33 bits per heavy atom. The summed E-state index contributed by atoms with van der Waals surface area (Å²) in [5, 5.41) is 11.9. The van der Waals surface area contributed by atoms with Gasteiger partial charge in [0.2, 0.25) is 5.91 Å². The molecule has 114 valence electrons. The summed E-state index contributed by atoms with van der Waals surface area (Å²) in [6.07, 6.45) is 0.435. The number of hydrogen-bond donors (Lipinski definition) is 1. The van der Waals surface area contributed by atoms with Gasteiger partial charge in [-0.1, -0.05) is 30.3 Å². The van der Waals surface area contributed by atoms with E-state index < -0.39 is 5.92 Å². The Kier molecular flexibility index (Phi) is 8.10. The van der Waals surface area contributed by atoms with Crippen molar-refractivity contribution in [2.75, 3.05) is 40.4 Å². The Morgan fingerprint density at radius 2 is 2.05 bits per heavy atom. The predicted molar refractivity (Wildman–Crippen MR) is 81.6 cm³/mol. The molecule has 1 N–H and O–H groups in total. The summed E-state index contributed by atoms with van der Waals surface area (Å²) in [6.45, 7) is 2.37. The molecule has 0 bridgehead atoms. The first-order valence-corrected chi connectivity index (χ1v) is 7.07. The number of hydrogen-bond acceptors (Lipinski definition) is 4. The highest BCUT2D eigenvalue weighted by molar-refractivity contribution is 5.81. The number of nitrogens with zero attached hydrogens (tertiary/aromatic N) is 2. The molecule has 0 heterocycles. The van der Waals surface area contributed by atoms with Crippen LogP contribution in [0.15, 0.2) is 30.3 Å². The smallest absolute Gasteiger partial charge is 0.237 e. The number of nitriles is 1. The summed E-state index contributed by atoms with van der Waals surface area (Å²) < 4.78 is 5.39. The van der Waals surface area contributed by atoms with Crippen LogP contribution in [-0.2, 0) is 16.0 Å². The number of carbonyl (C=O) groups is 1. The van der Waals surface area contributed by atoms with Crippen molar-refractivity contribution in [1.29, 1.82) is 5.26 Å². The number of ether oxygens (including phenoxy) is 1. The van der Waals surface area contributed by atoms with E-state index >= 15 is 0 Å². The molecular weight excluding hydrogens is 266 g/mol. The van der Waals surface area contributed by atoms with Crippen LogP contribution in [0.5, 0.6) is 0 Å². The highest BCUT2D eigenvalue weighted by atomic mass is 16.5. The minimum Gasteiger partial charge on any atom is -0.378 e. The Morgan fingerprint density at radius 3 is 2.67 bits per heavy atom. The molecule has 5 heteroatoms. The average molecular weight is 289 g/mol. The van der Waals surface area contributed by atoms with Gasteiger partial charge in [0, 0.05) is 13.1 Å². The van der Waals surface area contributed by atoms with Gasteiger partial charge in [-0.05, 0) is 26.1 Å². The first-order valence-electron chi connectivity index (χ1n) is 7.07. The molecular formula is C16H23N3O2. The summed E-state index contributed by atoms with van der Waals surface area (Å²) in [4.78, 5) is 14.0. The van der Waals surface area contributed by atoms with Crippen LogP contribution in [0.4, 0.5) is 0 Å². The van der Waals surface area contributed by atoms with Gasteiger partial charge < -0.3 is 15.0 Å². The highest BCUT2D eigenvalue weighted by Crippen LogP contribution is 2.08. The third-order valence-corrected chi connectivity index (χ3v) is 2.98. The molecule has 0 radical (unpaired) electrons. The predicted octanol–water partition coefficient (Wildman–Crippen LogP) is 1.06. The number of rotatable bonds is 9. The molecule has 0 aliphatic carbocycles. The molecule has 0 spiro atoms. The molecule has 0 saturated heterocycles. The van der Waals surface area contributed by atoms with Gasteiger partial charge >= 0.3 is 0 Å². The molecule has 0 aromatic heterocycles. The molecule has 1 aromatic rings. The Labute approximate surface area is 126 Å². The maximum atomic E-state index is 11.9. The number of nitrogens with one attached hydrogen (secondary N) is 1. The van der Waals surface area contributed by atoms with Crippen LogP contribution in [0.1, 0.15) is 5.56 Å². The van der Waals surface area contributed by atoms with Crippen LogP contribution in [0, 0.1) is 17.2 Å². The second-order valence-electron chi connectivity index (χ2n) is 5.08. The van der Waals surface area contributed by atoms with Crippen LogP contribution in [-0.4, -0.2) is 51.2 Å². The fraction of sp³-hybridized carbons (Fsp3) is 0.500. The van der Waals surface area contributed by atoms with E-state index in [2.05, 4.69) is 11.4 Å². The third kappa shape index (κ3) is 7.45. The van der Waals surface area contributed by atoms with E-state index in [1.54, 1.807) is 0 Å². The second-order valence-corrected chi connectivity index (χ2v) is 5.08. The van der Waals surface area contributed by atoms with Gasteiger partial charge in [0.05, 0.1) is 19.3 Å². The molecule has 5 nitrogen and oxygen atoms in total. The van der Waals surface area contributed by atoms with Crippen molar-refractivity contribution in [2.24, 2.45) is 5.92 Å². The van der Waals surface area contributed by atoms with E-state index in [4.69, 9.17) is 10.00 Å². The van der Waals surface area contributed by atoms with E-state index in [0.717, 1.165) is 12.1 Å². The first kappa shape index (κ1) is 17.2. The van der Waals surface area contributed by atoms with Gasteiger partial charge in [-0.15, -0.1) is 0 Å². The molecule has 1 unspecified atom stereocenters. The summed E-state index contributed by atoms with van der Waals surface area (Å²) in [6, 6.07) is 11.6. The van der Waals surface area contributed by atoms with Gasteiger partial charge in [-0.3, -0.25) is 4.79 Å². The molecule has 1 aromatic carbocycles. The molecule has 0 aliphatic heterocycles. The SMILES string of the molecule is CN(C)CCOCCNC(=O)C(C#N)Cc1ccccc1. The zero-order chi connectivity index (χ0) is 15.5. The molecule has 1 rings (SSSR count). The summed E-state index contributed by atoms with van der Waals surface area (Å²) in [7, 11) is 3.96. The summed E-state index contributed by atoms with van der Waals surface area (Å²) >= 11 is 0. The molecule has 1 amide bonds. The van der Waals surface area contributed by atoms with Gasteiger partial charge in [0.15, 0.2) is 0 Å². The van der Waals surface area contributed by atoms with Crippen LogP contribution >= 0.6 is 0 Å². The number of amides is 1. The minimum absolute atomic E-state index is 0.238. The number of likely N-dealkylation sites (N-methyl/N-ethyl adjacent to an activating group) is 1. The summed E-state index contributed by atoms with van der Waals surface area (Å²) in [5.41, 5.74) is 0.987. The van der Waals surface area contributed by atoms with Crippen molar-refractivity contribution >= 4 is 5.91 Å². The monoisotopic (exact) mass is 289 g/mol. The largest absolute Gasteiger partial charge is 0.378 e. The Balaban J connectivity index is 2.25. The zero-order valence-electron chi connectivity index (χ0n) is 12.7. The first-order chi connectivity index (χ1) is 10.1. The van der Waals surface area contributed by atoms with E-state index in [1.165, 1.54) is 0 Å². The molecule has 0 aliphatic rings. The van der Waals surface area contributed by atoms with Crippen molar-refractivity contribution in [3.05, 3.63) is 35.9 Å². The van der Waals surface area contributed by atoms with E-state index in [-0.39, 0.29) is 5.91 Å². The Hall–Kier alpha value is -1.90. The van der Waals surface area contributed by atoms with Crippen LogP contribution in [0.2, 0.25) is 0 Å². The van der Waals surface area contributed by atoms with Gasteiger partial charge in [0.1, 0.15) is 5.92 Å². The van der Waals surface area contributed by atoms with E-state index in [0.29, 0.717) is 26.2 Å². The number of benzene rings is 1. The maximum absolute atomic E-state index is 11.9. The molecule has 21 heavy (non-hydrogen) atoms. The number of carbonyl (C=O) groups excluding carboxylic acids is 1. The second kappa shape index (κ2) is 9.92. The normalized spacial score (nSPS) is 11.9. The van der Waals surface area contributed by atoms with E-state index in [9.17, 15) is 4.79 Å². The molecule has 0 fully saturated rings. The van der Waals surface area contributed by atoms with Gasteiger partial charge in [-0.25, -0.2) is 0 Å². The van der Waals surface area contributed by atoms with Crippen molar-refractivity contribution in [1.82, 2.24) is 10.2 Å². The minimum atomic E-state index is -0.658. The van der Waals surface area contributed by atoms with Crippen LogP contribution in [0.25, 0.3) is 0 Å².